The van der Waals surface area contributed by atoms with Crippen molar-refractivity contribution in [1.29, 1.82) is 0 Å². The van der Waals surface area contributed by atoms with E-state index in [0.717, 1.165) is 11.4 Å². The maximum Gasteiger partial charge on any atom is 0.161 e. The van der Waals surface area contributed by atoms with Gasteiger partial charge in [0.2, 0.25) is 0 Å². The van der Waals surface area contributed by atoms with Crippen LogP contribution in [0, 0.1) is 6.92 Å². The minimum Gasteiger partial charge on any atom is -0.493 e. The molecular formula is C15H21N3O3. The molecule has 0 saturated carbocycles. The van der Waals surface area contributed by atoms with Gasteiger partial charge in [-0.1, -0.05) is 12.1 Å². The van der Waals surface area contributed by atoms with Gasteiger partial charge >= 0.3 is 0 Å². The van der Waals surface area contributed by atoms with Gasteiger partial charge in [0.15, 0.2) is 11.5 Å². The minimum atomic E-state index is -0.630. The molecule has 2 rings (SSSR count). The summed E-state index contributed by atoms with van der Waals surface area (Å²) in [5.74, 6) is 1.28. The Morgan fingerprint density at radius 2 is 2.05 bits per heavy atom. The molecule has 0 fully saturated rings. The molecule has 2 aromatic rings. The molecule has 1 unspecified atom stereocenters. The Morgan fingerprint density at radius 1 is 1.33 bits per heavy atom. The van der Waals surface area contributed by atoms with E-state index in [0.29, 0.717) is 18.0 Å². The van der Waals surface area contributed by atoms with Crippen molar-refractivity contribution in [2.75, 3.05) is 25.6 Å². The highest BCUT2D eigenvalue weighted by molar-refractivity contribution is 5.45. The lowest BCUT2D eigenvalue weighted by atomic mass is 10.3. The molecule has 6 heteroatoms. The van der Waals surface area contributed by atoms with Crippen LogP contribution in [0.1, 0.15) is 5.69 Å². The summed E-state index contributed by atoms with van der Waals surface area (Å²) in [5, 5.41) is 17.4. The number of rotatable bonds is 7. The summed E-state index contributed by atoms with van der Waals surface area (Å²) in [7, 11) is 3.45. The molecule has 0 aliphatic heterocycles. The molecular weight excluding hydrogens is 270 g/mol. The standard InChI is InChI=1S/C15H21N3O3/c1-11-13(9-18(2)17-11)16-8-12(19)10-21-15-7-5-4-6-14(15)20-3/h4-7,9,12,16,19H,8,10H2,1-3H3. The predicted octanol–water partition coefficient (Wildman–Crippen LogP) is 1.59. The molecule has 0 aliphatic carbocycles. The SMILES string of the molecule is COc1ccccc1OCC(O)CNc1cn(C)nc1C. The number of methoxy groups -OCH3 is 1. The van der Waals surface area contributed by atoms with Crippen molar-refractivity contribution in [2.24, 2.45) is 7.05 Å². The number of hydrogen-bond acceptors (Lipinski definition) is 5. The van der Waals surface area contributed by atoms with Gasteiger partial charge in [-0.3, -0.25) is 4.68 Å². The molecule has 1 aromatic heterocycles. The first-order valence-electron chi connectivity index (χ1n) is 6.78. The highest BCUT2D eigenvalue weighted by atomic mass is 16.5. The molecule has 0 spiro atoms. The summed E-state index contributed by atoms with van der Waals surface area (Å²) < 4.78 is 12.5. The molecule has 0 amide bonds. The first-order valence-corrected chi connectivity index (χ1v) is 6.78. The normalized spacial score (nSPS) is 12.0. The van der Waals surface area contributed by atoms with Crippen LogP contribution in [0.2, 0.25) is 0 Å². The number of ether oxygens (including phenoxy) is 2. The van der Waals surface area contributed by atoms with Crippen LogP contribution in [0.4, 0.5) is 5.69 Å². The smallest absolute Gasteiger partial charge is 0.161 e. The lowest BCUT2D eigenvalue weighted by Crippen LogP contribution is -2.26. The molecule has 21 heavy (non-hydrogen) atoms. The molecule has 1 heterocycles. The Bertz CT molecular complexity index is 583. The summed E-state index contributed by atoms with van der Waals surface area (Å²) in [4.78, 5) is 0. The summed E-state index contributed by atoms with van der Waals surface area (Å²) in [6.07, 6.45) is 1.25. The largest absolute Gasteiger partial charge is 0.493 e. The highest BCUT2D eigenvalue weighted by Gasteiger charge is 2.09. The van der Waals surface area contributed by atoms with E-state index in [4.69, 9.17) is 9.47 Å². The molecule has 0 bridgehead atoms. The van der Waals surface area contributed by atoms with Crippen LogP contribution in [0.5, 0.6) is 11.5 Å². The minimum absolute atomic E-state index is 0.187. The Balaban J connectivity index is 1.82. The van der Waals surface area contributed by atoms with Crippen LogP contribution in [-0.4, -0.2) is 41.3 Å². The Hall–Kier alpha value is -2.21. The molecule has 1 aromatic carbocycles. The number of hydrogen-bond donors (Lipinski definition) is 2. The summed E-state index contributed by atoms with van der Waals surface area (Å²) in [6.45, 7) is 2.49. The maximum atomic E-state index is 9.98. The number of aliphatic hydroxyl groups excluding tert-OH is 1. The molecule has 0 aliphatic rings. The maximum absolute atomic E-state index is 9.98. The van der Waals surface area contributed by atoms with Gasteiger partial charge < -0.3 is 19.9 Å². The average molecular weight is 291 g/mol. The monoisotopic (exact) mass is 291 g/mol. The number of aliphatic hydroxyl groups is 1. The van der Waals surface area contributed by atoms with E-state index in [2.05, 4.69) is 10.4 Å². The van der Waals surface area contributed by atoms with Crippen LogP contribution in [0.25, 0.3) is 0 Å². The first-order chi connectivity index (χ1) is 10.1. The molecule has 6 nitrogen and oxygen atoms in total. The van der Waals surface area contributed by atoms with Crippen molar-refractivity contribution in [1.82, 2.24) is 9.78 Å². The fourth-order valence-corrected chi connectivity index (χ4v) is 1.98. The zero-order chi connectivity index (χ0) is 15.2. The highest BCUT2D eigenvalue weighted by Crippen LogP contribution is 2.25. The topological polar surface area (TPSA) is 68.5 Å². The Labute approximate surface area is 124 Å². The number of anilines is 1. The first kappa shape index (κ1) is 15.2. The van der Waals surface area contributed by atoms with Gasteiger partial charge in [0.05, 0.1) is 18.5 Å². The molecule has 114 valence electrons. The third-order valence-corrected chi connectivity index (χ3v) is 3.04. The zero-order valence-electron chi connectivity index (χ0n) is 12.5. The van der Waals surface area contributed by atoms with Gasteiger partial charge in [-0.2, -0.15) is 5.10 Å². The number of aromatic nitrogens is 2. The number of para-hydroxylation sites is 2. The predicted molar refractivity (Wildman–Crippen MR) is 80.9 cm³/mol. The van der Waals surface area contributed by atoms with Crippen LogP contribution in [0.3, 0.4) is 0 Å². The third kappa shape index (κ3) is 4.13. The van der Waals surface area contributed by atoms with E-state index in [9.17, 15) is 5.11 Å². The zero-order valence-corrected chi connectivity index (χ0v) is 12.5. The molecule has 0 radical (unpaired) electrons. The van der Waals surface area contributed by atoms with Crippen molar-refractivity contribution < 1.29 is 14.6 Å². The van der Waals surface area contributed by atoms with Crippen LogP contribution < -0.4 is 14.8 Å². The van der Waals surface area contributed by atoms with Gasteiger partial charge in [0.25, 0.3) is 0 Å². The van der Waals surface area contributed by atoms with Crippen molar-refractivity contribution in [3.63, 3.8) is 0 Å². The van der Waals surface area contributed by atoms with Gasteiger partial charge in [0.1, 0.15) is 12.7 Å². The van der Waals surface area contributed by atoms with Crippen molar-refractivity contribution >= 4 is 5.69 Å². The van der Waals surface area contributed by atoms with Gasteiger partial charge in [-0.15, -0.1) is 0 Å². The number of nitrogens with zero attached hydrogens (tertiary/aromatic N) is 2. The lowest BCUT2D eigenvalue weighted by Gasteiger charge is -2.15. The second-order valence-electron chi connectivity index (χ2n) is 4.80. The fraction of sp³-hybridized carbons (Fsp3) is 0.400. The molecule has 2 N–H and O–H groups in total. The average Bonchev–Trinajstić information content (AvgIpc) is 2.81. The molecule has 0 saturated heterocycles. The van der Waals surface area contributed by atoms with Crippen molar-refractivity contribution in [3.05, 3.63) is 36.2 Å². The van der Waals surface area contributed by atoms with E-state index in [1.54, 1.807) is 11.8 Å². The van der Waals surface area contributed by atoms with E-state index >= 15 is 0 Å². The van der Waals surface area contributed by atoms with Crippen LogP contribution in [-0.2, 0) is 7.05 Å². The van der Waals surface area contributed by atoms with Crippen LogP contribution in [0.15, 0.2) is 30.5 Å². The van der Waals surface area contributed by atoms with Gasteiger partial charge in [-0.25, -0.2) is 0 Å². The van der Waals surface area contributed by atoms with Gasteiger partial charge in [0, 0.05) is 19.8 Å². The molecule has 1 atom stereocenters. The number of benzene rings is 1. The quantitative estimate of drug-likeness (QED) is 0.811. The van der Waals surface area contributed by atoms with Crippen molar-refractivity contribution in [2.45, 2.75) is 13.0 Å². The van der Waals surface area contributed by atoms with E-state index in [-0.39, 0.29) is 6.61 Å². The summed E-state index contributed by atoms with van der Waals surface area (Å²) in [5.41, 5.74) is 1.81. The second-order valence-corrected chi connectivity index (χ2v) is 4.80. The summed E-state index contributed by atoms with van der Waals surface area (Å²) in [6, 6.07) is 7.36. The number of nitrogens with one attached hydrogen (secondary N) is 1. The van der Waals surface area contributed by atoms with E-state index in [1.807, 2.05) is 44.4 Å². The fourth-order valence-electron chi connectivity index (χ4n) is 1.98. The van der Waals surface area contributed by atoms with Crippen LogP contribution >= 0.6 is 0 Å². The van der Waals surface area contributed by atoms with E-state index in [1.165, 1.54) is 0 Å². The van der Waals surface area contributed by atoms with Crippen molar-refractivity contribution in [3.8, 4) is 11.5 Å². The second kappa shape index (κ2) is 6.99. The van der Waals surface area contributed by atoms with Gasteiger partial charge in [-0.05, 0) is 19.1 Å². The Morgan fingerprint density at radius 3 is 2.67 bits per heavy atom. The Kier molecular flexibility index (Phi) is 5.05. The lowest BCUT2D eigenvalue weighted by molar-refractivity contribution is 0.115. The summed E-state index contributed by atoms with van der Waals surface area (Å²) >= 11 is 0. The third-order valence-electron chi connectivity index (χ3n) is 3.04. The number of aryl methyl sites for hydroxylation is 2. The van der Waals surface area contributed by atoms with E-state index < -0.39 is 6.10 Å².